The second-order valence-electron chi connectivity index (χ2n) is 4.13. The molecule has 0 aliphatic rings. The van der Waals surface area contributed by atoms with Crippen LogP contribution in [-0.2, 0) is 6.54 Å². The number of aryl methyl sites for hydroxylation is 2. The molecule has 88 valence electrons. The predicted octanol–water partition coefficient (Wildman–Crippen LogP) is 2.06. The van der Waals surface area contributed by atoms with Crippen LogP contribution in [0.1, 0.15) is 33.0 Å². The third-order valence-corrected chi connectivity index (χ3v) is 2.97. The highest BCUT2D eigenvalue weighted by atomic mass is 16.1. The van der Waals surface area contributed by atoms with Crippen LogP contribution in [0.5, 0.6) is 0 Å². The summed E-state index contributed by atoms with van der Waals surface area (Å²) in [4.78, 5) is 15.2. The fraction of sp³-hybridized carbons (Fsp3) is 0.308. The van der Waals surface area contributed by atoms with Gasteiger partial charge in [-0.3, -0.25) is 14.5 Å². The molecule has 0 unspecified atom stereocenters. The molecule has 2 aromatic rings. The lowest BCUT2D eigenvalue weighted by atomic mass is 10.2. The van der Waals surface area contributed by atoms with Crippen LogP contribution in [0.15, 0.2) is 18.3 Å². The lowest BCUT2D eigenvalue weighted by Gasteiger charge is -2.06. The van der Waals surface area contributed by atoms with Crippen molar-refractivity contribution in [1.82, 2.24) is 14.8 Å². The summed E-state index contributed by atoms with van der Waals surface area (Å²) in [6.07, 6.45) is 2.63. The van der Waals surface area contributed by atoms with Crippen LogP contribution in [0.2, 0.25) is 0 Å². The fourth-order valence-electron chi connectivity index (χ4n) is 1.86. The molecule has 0 fully saturated rings. The summed E-state index contributed by atoms with van der Waals surface area (Å²) in [7, 11) is 0. The van der Waals surface area contributed by atoms with Gasteiger partial charge in [0, 0.05) is 11.9 Å². The molecule has 0 aromatic carbocycles. The average molecular weight is 229 g/mol. The molecule has 17 heavy (non-hydrogen) atoms. The SMILES string of the molecule is Cc1cccnc1Cn1nc(C)c(C=O)c1C. The van der Waals surface area contributed by atoms with Crippen LogP contribution in [0.25, 0.3) is 0 Å². The second-order valence-corrected chi connectivity index (χ2v) is 4.13. The van der Waals surface area contributed by atoms with Gasteiger partial charge in [0.2, 0.25) is 0 Å². The maximum absolute atomic E-state index is 10.9. The summed E-state index contributed by atoms with van der Waals surface area (Å²) in [5, 5.41) is 4.36. The van der Waals surface area contributed by atoms with Crippen molar-refractivity contribution < 1.29 is 4.79 Å². The van der Waals surface area contributed by atoms with Gasteiger partial charge in [-0.15, -0.1) is 0 Å². The zero-order chi connectivity index (χ0) is 12.4. The molecular formula is C13H15N3O. The number of hydrogen-bond donors (Lipinski definition) is 0. The normalized spacial score (nSPS) is 10.5. The van der Waals surface area contributed by atoms with Crippen molar-refractivity contribution >= 4 is 6.29 Å². The third kappa shape index (κ3) is 2.11. The number of aromatic nitrogens is 3. The minimum Gasteiger partial charge on any atom is -0.298 e. The number of carbonyl (C=O) groups excluding carboxylic acids is 1. The van der Waals surface area contributed by atoms with Crippen molar-refractivity contribution in [1.29, 1.82) is 0 Å². The largest absolute Gasteiger partial charge is 0.298 e. The molecule has 0 saturated carbocycles. The Balaban J connectivity index is 2.37. The number of pyridine rings is 1. The molecule has 0 aliphatic carbocycles. The molecule has 0 amide bonds. The van der Waals surface area contributed by atoms with E-state index in [0.29, 0.717) is 12.1 Å². The molecule has 2 heterocycles. The van der Waals surface area contributed by atoms with E-state index < -0.39 is 0 Å². The first-order chi connectivity index (χ1) is 8.13. The van der Waals surface area contributed by atoms with Crippen molar-refractivity contribution in [3.05, 3.63) is 46.5 Å². The Hall–Kier alpha value is -1.97. The molecule has 2 rings (SSSR count). The molecule has 0 radical (unpaired) electrons. The molecule has 0 atom stereocenters. The second kappa shape index (κ2) is 4.49. The Labute approximate surface area is 100 Å². The van der Waals surface area contributed by atoms with Crippen LogP contribution >= 0.6 is 0 Å². The van der Waals surface area contributed by atoms with E-state index in [1.54, 1.807) is 6.20 Å². The zero-order valence-corrected chi connectivity index (χ0v) is 10.3. The van der Waals surface area contributed by atoms with Crippen molar-refractivity contribution in [3.8, 4) is 0 Å². The Morgan fingerprint density at radius 3 is 2.71 bits per heavy atom. The number of carbonyl (C=O) groups is 1. The molecule has 0 saturated heterocycles. The van der Waals surface area contributed by atoms with Gasteiger partial charge in [0.15, 0.2) is 6.29 Å². The molecule has 0 N–H and O–H groups in total. The van der Waals surface area contributed by atoms with Crippen molar-refractivity contribution in [2.45, 2.75) is 27.3 Å². The maximum atomic E-state index is 10.9. The number of rotatable bonds is 3. The highest BCUT2D eigenvalue weighted by Gasteiger charge is 2.11. The van der Waals surface area contributed by atoms with E-state index in [4.69, 9.17) is 0 Å². The molecule has 4 heteroatoms. The zero-order valence-electron chi connectivity index (χ0n) is 10.3. The highest BCUT2D eigenvalue weighted by molar-refractivity contribution is 5.78. The first-order valence-electron chi connectivity index (χ1n) is 5.53. The van der Waals surface area contributed by atoms with Gasteiger partial charge < -0.3 is 0 Å². The Morgan fingerprint density at radius 1 is 1.35 bits per heavy atom. The monoisotopic (exact) mass is 229 g/mol. The van der Waals surface area contributed by atoms with Gasteiger partial charge in [-0.1, -0.05) is 6.07 Å². The van der Waals surface area contributed by atoms with Gasteiger partial charge in [0.1, 0.15) is 0 Å². The summed E-state index contributed by atoms with van der Waals surface area (Å²) >= 11 is 0. The topological polar surface area (TPSA) is 47.8 Å². The van der Waals surface area contributed by atoms with Gasteiger partial charge in [-0.2, -0.15) is 5.10 Å². The summed E-state index contributed by atoms with van der Waals surface area (Å²) in [5.74, 6) is 0. The van der Waals surface area contributed by atoms with Gasteiger partial charge in [-0.25, -0.2) is 0 Å². The Morgan fingerprint density at radius 2 is 2.12 bits per heavy atom. The summed E-state index contributed by atoms with van der Waals surface area (Å²) < 4.78 is 1.83. The van der Waals surface area contributed by atoms with Gasteiger partial charge >= 0.3 is 0 Å². The fourth-order valence-corrected chi connectivity index (χ4v) is 1.86. The lowest BCUT2D eigenvalue weighted by molar-refractivity contribution is 0.112. The summed E-state index contributed by atoms with van der Waals surface area (Å²) in [6.45, 7) is 6.38. The van der Waals surface area contributed by atoms with E-state index in [2.05, 4.69) is 10.1 Å². The van der Waals surface area contributed by atoms with Crippen molar-refractivity contribution in [2.24, 2.45) is 0 Å². The molecule has 0 aliphatic heterocycles. The molecule has 0 bridgehead atoms. The highest BCUT2D eigenvalue weighted by Crippen LogP contribution is 2.13. The number of hydrogen-bond acceptors (Lipinski definition) is 3. The third-order valence-electron chi connectivity index (χ3n) is 2.97. The van der Waals surface area contributed by atoms with E-state index in [1.807, 2.05) is 37.6 Å². The van der Waals surface area contributed by atoms with Crippen molar-refractivity contribution in [3.63, 3.8) is 0 Å². The van der Waals surface area contributed by atoms with E-state index in [1.165, 1.54) is 0 Å². The first-order valence-corrected chi connectivity index (χ1v) is 5.53. The van der Waals surface area contributed by atoms with E-state index >= 15 is 0 Å². The molecular weight excluding hydrogens is 214 g/mol. The molecule has 2 aromatic heterocycles. The van der Waals surface area contributed by atoms with Crippen LogP contribution in [0, 0.1) is 20.8 Å². The average Bonchev–Trinajstić information content (AvgIpc) is 2.57. The van der Waals surface area contributed by atoms with Crippen LogP contribution < -0.4 is 0 Å². The van der Waals surface area contributed by atoms with Gasteiger partial charge in [-0.05, 0) is 32.4 Å². The minimum atomic E-state index is 0.604. The number of aldehydes is 1. The maximum Gasteiger partial charge on any atom is 0.153 e. The lowest BCUT2D eigenvalue weighted by Crippen LogP contribution is -2.07. The molecule has 4 nitrogen and oxygen atoms in total. The molecule has 0 spiro atoms. The summed E-state index contributed by atoms with van der Waals surface area (Å²) in [5.41, 5.74) is 4.45. The van der Waals surface area contributed by atoms with E-state index in [0.717, 1.165) is 28.9 Å². The standard InChI is InChI=1S/C13H15N3O/c1-9-5-4-6-14-13(9)7-16-11(3)12(8-17)10(2)15-16/h4-6,8H,7H2,1-3H3. The van der Waals surface area contributed by atoms with Gasteiger partial charge in [0.05, 0.1) is 23.5 Å². The Bertz CT molecular complexity index is 558. The number of nitrogens with zero attached hydrogens (tertiary/aromatic N) is 3. The quantitative estimate of drug-likeness (QED) is 0.757. The van der Waals surface area contributed by atoms with Crippen LogP contribution in [0.4, 0.5) is 0 Å². The van der Waals surface area contributed by atoms with Crippen LogP contribution in [0.3, 0.4) is 0 Å². The first kappa shape index (κ1) is 11.5. The van der Waals surface area contributed by atoms with Crippen LogP contribution in [-0.4, -0.2) is 21.1 Å². The Kier molecular flexibility index (Phi) is 3.04. The predicted molar refractivity (Wildman–Crippen MR) is 65.2 cm³/mol. The smallest absolute Gasteiger partial charge is 0.153 e. The minimum absolute atomic E-state index is 0.604. The van der Waals surface area contributed by atoms with E-state index in [-0.39, 0.29) is 0 Å². The van der Waals surface area contributed by atoms with E-state index in [9.17, 15) is 4.79 Å². The summed E-state index contributed by atoms with van der Waals surface area (Å²) in [6, 6.07) is 3.94. The van der Waals surface area contributed by atoms with Gasteiger partial charge in [0.25, 0.3) is 0 Å². The van der Waals surface area contributed by atoms with Crippen molar-refractivity contribution in [2.75, 3.05) is 0 Å².